The maximum Gasteiger partial charge on any atom is 0.337 e. The largest absolute Gasteiger partial charge is 0.478 e. The summed E-state index contributed by atoms with van der Waals surface area (Å²) in [6.07, 6.45) is 1.45. The number of halogens is 3. The van der Waals surface area contributed by atoms with Crippen LogP contribution in [0, 0.1) is 17.7 Å². The van der Waals surface area contributed by atoms with Crippen LogP contribution < -0.4 is 9.64 Å². The van der Waals surface area contributed by atoms with Gasteiger partial charge in [0.1, 0.15) is 0 Å². The van der Waals surface area contributed by atoms with Gasteiger partial charge in [0.15, 0.2) is 11.6 Å². The third kappa shape index (κ3) is 5.46. The molecular formula is C24H27F3N2O4. The third-order valence-corrected chi connectivity index (χ3v) is 5.90. The molecule has 0 aliphatic heterocycles. The lowest BCUT2D eigenvalue weighted by Gasteiger charge is -2.34. The van der Waals surface area contributed by atoms with Crippen LogP contribution in [-0.4, -0.2) is 28.0 Å². The van der Waals surface area contributed by atoms with Crippen molar-refractivity contribution in [1.82, 2.24) is 4.98 Å². The molecule has 0 spiro atoms. The van der Waals surface area contributed by atoms with Crippen molar-refractivity contribution in [3.8, 4) is 11.6 Å². The summed E-state index contributed by atoms with van der Waals surface area (Å²) in [6.45, 7) is 5.57. The van der Waals surface area contributed by atoms with Crippen molar-refractivity contribution >= 4 is 17.6 Å². The molecule has 1 fully saturated rings. The number of pyridine rings is 1. The van der Waals surface area contributed by atoms with Gasteiger partial charge in [-0.15, -0.1) is 0 Å². The van der Waals surface area contributed by atoms with E-state index in [1.165, 1.54) is 17.2 Å². The van der Waals surface area contributed by atoms with Gasteiger partial charge in [0.2, 0.25) is 11.8 Å². The van der Waals surface area contributed by atoms with Crippen molar-refractivity contribution in [3.63, 3.8) is 0 Å². The van der Waals surface area contributed by atoms with Crippen molar-refractivity contribution < 1.29 is 32.6 Å². The Hall–Kier alpha value is -3.10. The van der Waals surface area contributed by atoms with E-state index in [4.69, 9.17) is 4.74 Å². The number of alkyl halides is 2. The highest BCUT2D eigenvalue weighted by Crippen LogP contribution is 2.37. The molecule has 0 radical (unpaired) electrons. The van der Waals surface area contributed by atoms with Gasteiger partial charge in [-0.05, 0) is 57.6 Å². The summed E-state index contributed by atoms with van der Waals surface area (Å²) in [7, 11) is 0. The summed E-state index contributed by atoms with van der Waals surface area (Å²) >= 11 is 0. The number of aromatic carboxylic acids is 1. The van der Waals surface area contributed by atoms with Gasteiger partial charge in [0.05, 0.1) is 16.8 Å². The van der Waals surface area contributed by atoms with Crippen molar-refractivity contribution in [2.75, 3.05) is 4.90 Å². The van der Waals surface area contributed by atoms with Crippen LogP contribution in [0.1, 0.15) is 68.8 Å². The van der Waals surface area contributed by atoms with E-state index < -0.39 is 41.4 Å². The minimum Gasteiger partial charge on any atom is -0.478 e. The van der Waals surface area contributed by atoms with Crippen LogP contribution in [0.2, 0.25) is 0 Å². The zero-order chi connectivity index (χ0) is 24.3. The van der Waals surface area contributed by atoms with E-state index in [-0.39, 0.29) is 23.1 Å². The molecule has 1 aliphatic carbocycles. The molecule has 1 amide bonds. The summed E-state index contributed by atoms with van der Waals surface area (Å²) in [6, 6.07) is 3.76. The van der Waals surface area contributed by atoms with Gasteiger partial charge < -0.3 is 14.7 Å². The molecule has 0 bridgehead atoms. The molecule has 2 aromatic rings. The van der Waals surface area contributed by atoms with E-state index in [2.05, 4.69) is 11.9 Å². The molecule has 1 N–H and O–H groups in total. The normalized spacial score (nSPS) is 18.4. The summed E-state index contributed by atoms with van der Waals surface area (Å²) < 4.78 is 46.7. The van der Waals surface area contributed by atoms with Crippen LogP contribution in [0.25, 0.3) is 0 Å². The van der Waals surface area contributed by atoms with E-state index in [0.29, 0.717) is 18.8 Å². The lowest BCUT2D eigenvalue weighted by Crippen LogP contribution is -2.43. The summed E-state index contributed by atoms with van der Waals surface area (Å²) in [5.41, 5.74) is -1.02. The topological polar surface area (TPSA) is 79.7 Å². The second-order valence-corrected chi connectivity index (χ2v) is 8.66. The first-order valence-corrected chi connectivity index (χ1v) is 10.9. The predicted octanol–water partition coefficient (Wildman–Crippen LogP) is 6.22. The second-order valence-electron chi connectivity index (χ2n) is 8.66. The molecular weight excluding hydrogens is 437 g/mol. The van der Waals surface area contributed by atoms with Gasteiger partial charge in [-0.1, -0.05) is 6.92 Å². The fraction of sp³-hybridized carbons (Fsp3) is 0.458. The Morgan fingerprint density at radius 3 is 2.42 bits per heavy atom. The fourth-order valence-electron chi connectivity index (χ4n) is 4.11. The first-order valence-electron chi connectivity index (χ1n) is 10.9. The summed E-state index contributed by atoms with van der Waals surface area (Å²) in [4.78, 5) is 30.4. The highest BCUT2D eigenvalue weighted by atomic mass is 19.3. The number of carbonyl (C=O) groups excluding carboxylic acids is 1. The Morgan fingerprint density at radius 2 is 1.85 bits per heavy atom. The lowest BCUT2D eigenvalue weighted by molar-refractivity contribution is -0.123. The number of nitrogens with zero attached hydrogens (tertiary/aromatic N) is 2. The number of anilines is 1. The van der Waals surface area contributed by atoms with Crippen molar-refractivity contribution in [2.24, 2.45) is 11.8 Å². The maximum absolute atomic E-state index is 15.0. The Labute approximate surface area is 190 Å². The Balaban J connectivity index is 2.01. The second kappa shape index (κ2) is 10.2. The smallest absolute Gasteiger partial charge is 0.337 e. The summed E-state index contributed by atoms with van der Waals surface area (Å²) in [5.74, 6) is -3.49. The minimum absolute atomic E-state index is 0.0962. The van der Waals surface area contributed by atoms with E-state index in [9.17, 15) is 23.5 Å². The van der Waals surface area contributed by atoms with Gasteiger partial charge in [-0.2, -0.15) is 0 Å². The monoisotopic (exact) mass is 464 g/mol. The van der Waals surface area contributed by atoms with Gasteiger partial charge in [-0.3, -0.25) is 4.79 Å². The Bertz CT molecular complexity index is 1020. The number of hydrogen-bond donors (Lipinski definition) is 1. The number of amides is 1. The SMILES string of the molecule is CC1CCC(C(=O)N(c2cc(F)c(Oc3ncccc3C(F)F)cc2C(=O)O)C(C)C)CC1. The number of rotatable bonds is 7. The number of carboxylic acids is 1. The van der Waals surface area contributed by atoms with Crippen LogP contribution in [0.15, 0.2) is 30.5 Å². The molecule has 1 saturated carbocycles. The molecule has 1 aromatic carbocycles. The first kappa shape index (κ1) is 24.5. The molecule has 0 unspecified atom stereocenters. The lowest BCUT2D eigenvalue weighted by atomic mass is 9.82. The Kier molecular flexibility index (Phi) is 7.61. The van der Waals surface area contributed by atoms with Gasteiger partial charge in [0.25, 0.3) is 6.43 Å². The molecule has 9 heteroatoms. The van der Waals surface area contributed by atoms with Crippen LogP contribution in [-0.2, 0) is 4.79 Å². The number of carbonyl (C=O) groups is 2. The van der Waals surface area contributed by atoms with Crippen molar-refractivity contribution in [3.05, 3.63) is 47.4 Å². The average molecular weight is 464 g/mol. The number of ether oxygens (including phenoxy) is 1. The van der Waals surface area contributed by atoms with Crippen LogP contribution in [0.5, 0.6) is 11.6 Å². The van der Waals surface area contributed by atoms with E-state index in [1.54, 1.807) is 13.8 Å². The van der Waals surface area contributed by atoms with Gasteiger partial charge in [-0.25, -0.2) is 22.9 Å². The van der Waals surface area contributed by atoms with Crippen LogP contribution >= 0.6 is 0 Å². The van der Waals surface area contributed by atoms with E-state index in [0.717, 1.165) is 31.0 Å². The number of carboxylic acid groups (broad SMARTS) is 1. The quantitative estimate of drug-likeness (QED) is 0.526. The number of benzene rings is 1. The van der Waals surface area contributed by atoms with Crippen molar-refractivity contribution in [2.45, 2.75) is 58.9 Å². The summed E-state index contributed by atoms with van der Waals surface area (Å²) in [5, 5.41) is 9.80. The molecule has 6 nitrogen and oxygen atoms in total. The highest BCUT2D eigenvalue weighted by molar-refractivity contribution is 6.03. The van der Waals surface area contributed by atoms with E-state index >= 15 is 4.39 Å². The standard InChI is InChI=1S/C24H27F3N2O4/c1-13(2)29(23(30)15-8-6-14(3)7-9-15)19-12-18(25)20(11-17(19)24(31)32)33-22-16(21(26)27)5-4-10-28-22/h4-5,10-15,21H,6-9H2,1-3H3,(H,31,32). The molecule has 0 atom stereocenters. The molecule has 3 rings (SSSR count). The first-order chi connectivity index (χ1) is 15.6. The van der Waals surface area contributed by atoms with Crippen LogP contribution in [0.3, 0.4) is 0 Å². The predicted molar refractivity (Wildman–Crippen MR) is 116 cm³/mol. The molecule has 33 heavy (non-hydrogen) atoms. The highest BCUT2D eigenvalue weighted by Gasteiger charge is 2.33. The molecule has 1 heterocycles. The molecule has 1 aliphatic rings. The van der Waals surface area contributed by atoms with E-state index in [1.807, 2.05) is 0 Å². The zero-order valence-corrected chi connectivity index (χ0v) is 18.7. The fourth-order valence-corrected chi connectivity index (χ4v) is 4.11. The molecule has 1 aromatic heterocycles. The molecule has 178 valence electrons. The van der Waals surface area contributed by atoms with Crippen molar-refractivity contribution in [1.29, 1.82) is 0 Å². The maximum atomic E-state index is 15.0. The number of hydrogen-bond acceptors (Lipinski definition) is 4. The van der Waals surface area contributed by atoms with Crippen LogP contribution in [0.4, 0.5) is 18.9 Å². The average Bonchev–Trinajstić information content (AvgIpc) is 2.75. The van der Waals surface area contributed by atoms with Gasteiger partial charge >= 0.3 is 5.97 Å². The van der Waals surface area contributed by atoms with Gasteiger partial charge in [0, 0.05) is 30.3 Å². The Morgan fingerprint density at radius 1 is 1.18 bits per heavy atom. The third-order valence-electron chi connectivity index (χ3n) is 5.90. The minimum atomic E-state index is -2.91. The zero-order valence-electron chi connectivity index (χ0n) is 18.7. The molecule has 0 saturated heterocycles. The number of aromatic nitrogens is 1.